The maximum absolute atomic E-state index is 10.7. The smallest absolute Gasteiger partial charge is 0.339 e. The van der Waals surface area contributed by atoms with Crippen LogP contribution in [0.25, 0.3) is 0 Å². The lowest BCUT2D eigenvalue weighted by molar-refractivity contribution is 0.0696. The Kier molecular flexibility index (Phi) is 14.2. The first-order valence-corrected chi connectivity index (χ1v) is 10.8. The van der Waals surface area contributed by atoms with Gasteiger partial charge in [-0.25, -0.2) is 4.79 Å². The van der Waals surface area contributed by atoms with Gasteiger partial charge in [-0.05, 0) is 32.1 Å². The summed E-state index contributed by atoms with van der Waals surface area (Å²) in [6.45, 7) is 2.84. The molecule has 0 bridgehead atoms. The summed E-state index contributed by atoms with van der Waals surface area (Å²) in [5.74, 6) is -0.703. The van der Waals surface area contributed by atoms with E-state index >= 15 is 0 Å². The van der Waals surface area contributed by atoms with Crippen LogP contribution in [0.15, 0.2) is 28.9 Å². The quantitative estimate of drug-likeness (QED) is 0.214. The molecule has 0 fully saturated rings. The zero-order valence-electron chi connectivity index (χ0n) is 17.1. The zero-order chi connectivity index (χ0) is 19.6. The van der Waals surface area contributed by atoms with Gasteiger partial charge in [-0.15, -0.1) is 0 Å². The highest BCUT2D eigenvalue weighted by atomic mass is 16.6. The largest absolute Gasteiger partial charge is 0.478 e. The van der Waals surface area contributed by atoms with Crippen LogP contribution in [0.4, 0.5) is 0 Å². The van der Waals surface area contributed by atoms with Crippen molar-refractivity contribution in [3.63, 3.8) is 0 Å². The first kappa shape index (κ1) is 23.3. The molecule has 0 atom stereocenters. The molecule has 0 amide bonds. The molecule has 0 aliphatic heterocycles. The minimum absolute atomic E-state index is 0.131. The van der Waals surface area contributed by atoms with Gasteiger partial charge in [0.2, 0.25) is 0 Å². The molecule has 0 aliphatic carbocycles. The van der Waals surface area contributed by atoms with Crippen molar-refractivity contribution in [2.45, 2.75) is 96.8 Å². The summed E-state index contributed by atoms with van der Waals surface area (Å²) in [6, 6.07) is 1.42. The fourth-order valence-corrected chi connectivity index (χ4v) is 3.03. The molecule has 0 aliphatic rings. The third-order valence-electron chi connectivity index (χ3n) is 4.72. The molecule has 1 rings (SSSR count). The first-order chi connectivity index (χ1) is 13.2. The van der Waals surface area contributed by atoms with Crippen LogP contribution < -0.4 is 4.74 Å². The average Bonchev–Trinajstić information content (AvgIpc) is 3.13. The molecule has 0 aromatic carbocycles. The van der Waals surface area contributed by atoms with Crippen molar-refractivity contribution in [3.8, 4) is 5.95 Å². The molecule has 1 N–H and O–H groups in total. The summed E-state index contributed by atoms with van der Waals surface area (Å²) in [5.41, 5.74) is 0.131. The standard InChI is InChI=1S/C23H38O4/c1-2-3-4-5-6-7-8-9-10-11-12-13-14-15-16-17-18-26-22-19-21(20-27-22)23(24)25/h9-10,19-20H,2-8,11-18H2,1H3,(H,24,25)/b10-9-. The number of furan rings is 1. The Morgan fingerprint density at radius 3 is 2.04 bits per heavy atom. The highest BCUT2D eigenvalue weighted by Gasteiger charge is 2.08. The van der Waals surface area contributed by atoms with Crippen LogP contribution >= 0.6 is 0 Å². The van der Waals surface area contributed by atoms with Crippen molar-refractivity contribution >= 4 is 5.97 Å². The van der Waals surface area contributed by atoms with Gasteiger partial charge in [0.1, 0.15) is 11.8 Å². The van der Waals surface area contributed by atoms with Gasteiger partial charge in [-0.1, -0.05) is 76.9 Å². The number of carboxylic acids is 1. The summed E-state index contributed by atoms with van der Waals surface area (Å²) in [4.78, 5) is 10.7. The van der Waals surface area contributed by atoms with E-state index in [0.717, 1.165) is 12.8 Å². The first-order valence-electron chi connectivity index (χ1n) is 10.8. The number of hydrogen-bond donors (Lipinski definition) is 1. The second-order valence-corrected chi connectivity index (χ2v) is 7.25. The number of hydrogen-bond acceptors (Lipinski definition) is 3. The van der Waals surface area contributed by atoms with E-state index in [0.29, 0.717) is 12.6 Å². The zero-order valence-corrected chi connectivity index (χ0v) is 17.1. The van der Waals surface area contributed by atoms with Crippen molar-refractivity contribution in [1.29, 1.82) is 0 Å². The maximum atomic E-state index is 10.7. The Balaban J connectivity index is 1.81. The number of unbranched alkanes of at least 4 members (excludes halogenated alkanes) is 12. The van der Waals surface area contributed by atoms with Gasteiger partial charge in [-0.2, -0.15) is 0 Å². The molecular weight excluding hydrogens is 340 g/mol. The van der Waals surface area contributed by atoms with Gasteiger partial charge in [-0.3, -0.25) is 0 Å². The maximum Gasteiger partial charge on any atom is 0.339 e. The number of allylic oxidation sites excluding steroid dienone is 2. The molecule has 154 valence electrons. The van der Waals surface area contributed by atoms with Crippen molar-refractivity contribution in [2.24, 2.45) is 0 Å². The third-order valence-corrected chi connectivity index (χ3v) is 4.72. The normalized spacial score (nSPS) is 11.3. The number of carboxylic acid groups (broad SMARTS) is 1. The second kappa shape index (κ2) is 16.5. The van der Waals surface area contributed by atoms with E-state index in [1.807, 2.05) is 0 Å². The molecule has 1 aromatic heterocycles. The Morgan fingerprint density at radius 1 is 0.926 bits per heavy atom. The van der Waals surface area contributed by atoms with Crippen LogP contribution in [-0.2, 0) is 0 Å². The van der Waals surface area contributed by atoms with Crippen LogP contribution in [0, 0.1) is 0 Å². The monoisotopic (exact) mass is 378 g/mol. The van der Waals surface area contributed by atoms with Crippen LogP contribution in [0.5, 0.6) is 5.95 Å². The molecule has 1 aromatic rings. The highest BCUT2D eigenvalue weighted by Crippen LogP contribution is 2.16. The van der Waals surface area contributed by atoms with E-state index in [9.17, 15) is 4.79 Å². The lowest BCUT2D eigenvalue weighted by atomic mass is 10.1. The minimum atomic E-state index is -0.995. The van der Waals surface area contributed by atoms with E-state index < -0.39 is 5.97 Å². The van der Waals surface area contributed by atoms with Gasteiger partial charge in [0.05, 0.1) is 6.61 Å². The van der Waals surface area contributed by atoms with Crippen LogP contribution in [0.2, 0.25) is 0 Å². The van der Waals surface area contributed by atoms with E-state index in [-0.39, 0.29) is 5.56 Å². The Bertz CT molecular complexity index is 504. The van der Waals surface area contributed by atoms with E-state index in [4.69, 9.17) is 14.3 Å². The minimum Gasteiger partial charge on any atom is -0.478 e. The Hall–Kier alpha value is -1.71. The topological polar surface area (TPSA) is 59.7 Å². The summed E-state index contributed by atoms with van der Waals surface area (Å²) < 4.78 is 10.5. The predicted octanol–water partition coefficient (Wildman–Crippen LogP) is 7.39. The lowest BCUT2D eigenvalue weighted by Crippen LogP contribution is -1.96. The SMILES string of the molecule is CCCCCCCC/C=C\CCCCCCCCOc1cc(C(=O)O)co1. The number of carbonyl (C=O) groups is 1. The molecular formula is C23H38O4. The molecule has 4 heteroatoms. The van der Waals surface area contributed by atoms with Crippen LogP contribution in [0.3, 0.4) is 0 Å². The molecule has 0 unspecified atom stereocenters. The van der Waals surface area contributed by atoms with Crippen molar-refractivity contribution in [1.82, 2.24) is 0 Å². The van der Waals surface area contributed by atoms with Gasteiger partial charge in [0.25, 0.3) is 5.95 Å². The molecule has 4 nitrogen and oxygen atoms in total. The summed E-state index contributed by atoms with van der Waals surface area (Å²) >= 11 is 0. The summed E-state index contributed by atoms with van der Waals surface area (Å²) in [6.07, 6.45) is 23.8. The fourth-order valence-electron chi connectivity index (χ4n) is 3.03. The van der Waals surface area contributed by atoms with Gasteiger partial charge in [0, 0.05) is 6.07 Å². The number of ether oxygens (including phenoxy) is 1. The Morgan fingerprint density at radius 2 is 1.48 bits per heavy atom. The fraction of sp³-hybridized carbons (Fsp3) is 0.696. The van der Waals surface area contributed by atoms with E-state index in [1.54, 1.807) is 0 Å². The highest BCUT2D eigenvalue weighted by molar-refractivity contribution is 5.87. The van der Waals surface area contributed by atoms with Crippen molar-refractivity contribution < 1.29 is 19.1 Å². The second-order valence-electron chi connectivity index (χ2n) is 7.25. The van der Waals surface area contributed by atoms with E-state index in [1.165, 1.54) is 89.4 Å². The summed E-state index contributed by atoms with van der Waals surface area (Å²) in [7, 11) is 0. The molecule has 0 saturated carbocycles. The average molecular weight is 379 g/mol. The molecule has 0 spiro atoms. The van der Waals surface area contributed by atoms with Crippen LogP contribution in [0.1, 0.15) is 107 Å². The number of aromatic carboxylic acids is 1. The van der Waals surface area contributed by atoms with Gasteiger partial charge < -0.3 is 14.3 Å². The number of rotatable bonds is 18. The van der Waals surface area contributed by atoms with E-state index in [2.05, 4.69) is 19.1 Å². The summed E-state index contributed by atoms with van der Waals surface area (Å²) in [5, 5.41) is 8.80. The van der Waals surface area contributed by atoms with Crippen molar-refractivity contribution in [2.75, 3.05) is 6.61 Å². The lowest BCUT2D eigenvalue weighted by Gasteiger charge is -2.02. The van der Waals surface area contributed by atoms with Gasteiger partial charge in [0.15, 0.2) is 0 Å². The molecule has 27 heavy (non-hydrogen) atoms. The molecule has 0 saturated heterocycles. The predicted molar refractivity (Wildman–Crippen MR) is 111 cm³/mol. The van der Waals surface area contributed by atoms with Gasteiger partial charge >= 0.3 is 5.97 Å². The van der Waals surface area contributed by atoms with Crippen LogP contribution in [-0.4, -0.2) is 17.7 Å². The Labute approximate surface area is 165 Å². The molecule has 0 radical (unpaired) electrons. The molecule has 1 heterocycles. The third kappa shape index (κ3) is 13.2. The van der Waals surface area contributed by atoms with Crippen molar-refractivity contribution in [3.05, 3.63) is 30.0 Å².